The standard InChI is InChI=1S/C21H25ClN6O5.C16H17ClN6O3.C12H12BrClN2O3.C9H14N4O2/c1-19(2,3)33-18(31)26-14-9-13(23-10-24-14)25-12-8-11(22)15-16(29)27-21(28(15)17(12)30)6-7-32-20(21,4)5;1-15(2)16(3-4-26-15)22-13(24)12-8(17)5-9(14(25)23(12)16)21-11-6-10(18)19-7-20-11;1-11(2)12(3-4-19-11)15-9(17)8-7(14)5-6(13)10(18)16(8)12;1-9(2,3)15-8(14)13-7-4-6(10)11-5-12-7/h8-10H,6-7H2,1-5H3,(H,27,29)(H2,23,24,25,26,31);5-7H,3-4H2,1-2H3,(H,22,24)(H3,18,19,20,21);5H,3-4H2,1-2H3,(H,15,17);4-5H,1-3H3,(H3,10,11,12,13,14). The third-order valence-electron chi connectivity index (χ3n) is 15.8. The minimum Gasteiger partial charge on any atom is -0.444 e. The number of nitrogen functional groups attached to an aromatic ring is 2. The van der Waals surface area contributed by atoms with Crippen LogP contribution in [0, 0.1) is 0 Å². The van der Waals surface area contributed by atoms with Gasteiger partial charge in [-0.25, -0.2) is 39.5 Å². The van der Waals surface area contributed by atoms with Gasteiger partial charge >= 0.3 is 12.2 Å². The number of anilines is 8. The lowest BCUT2D eigenvalue weighted by molar-refractivity contribution is -0.0336. The quantitative estimate of drug-likeness (QED) is 0.0781. The molecule has 11 N–H and O–H groups in total. The minimum absolute atomic E-state index is 0.0840. The number of rotatable bonds is 6. The second-order valence-electron chi connectivity index (χ2n) is 25.3. The molecule has 5 amide bonds. The Morgan fingerprint density at radius 1 is 0.505 bits per heavy atom. The van der Waals surface area contributed by atoms with E-state index >= 15 is 0 Å². The highest BCUT2D eigenvalue weighted by Crippen LogP contribution is 2.47. The fraction of sp³-hybridized carbons (Fsp3) is 0.448. The molecular formula is C58H68BrCl3N18O13. The first-order chi connectivity index (χ1) is 43.2. The number of amides is 5. The van der Waals surface area contributed by atoms with Gasteiger partial charge in [0, 0.05) is 37.5 Å². The molecule has 0 saturated carbocycles. The number of carbonyl (C=O) groups excluding carboxylic acids is 5. The van der Waals surface area contributed by atoms with E-state index in [-0.39, 0.29) is 78.3 Å². The molecule has 0 radical (unpaired) electrons. The maximum absolute atomic E-state index is 13.5. The fourth-order valence-electron chi connectivity index (χ4n) is 11.4. The Balaban J connectivity index is 0.000000152. The van der Waals surface area contributed by atoms with Gasteiger partial charge in [-0.05, 0) is 117 Å². The molecule has 12 heterocycles. The van der Waals surface area contributed by atoms with Crippen LogP contribution < -0.4 is 65.4 Å². The Morgan fingerprint density at radius 2 is 0.817 bits per heavy atom. The van der Waals surface area contributed by atoms with Crippen molar-refractivity contribution in [3.05, 3.63) is 123 Å². The minimum atomic E-state index is -1.06. The summed E-state index contributed by atoms with van der Waals surface area (Å²) >= 11 is 22.0. The van der Waals surface area contributed by atoms with Crippen molar-refractivity contribution in [2.45, 2.75) is 147 Å². The first-order valence-corrected chi connectivity index (χ1v) is 30.6. The molecule has 0 aromatic carbocycles. The average Bonchev–Trinajstić information content (AvgIpc) is 1.57. The van der Waals surface area contributed by atoms with E-state index in [1.54, 1.807) is 41.5 Å². The predicted octanol–water partition coefficient (Wildman–Crippen LogP) is 7.46. The molecule has 0 bridgehead atoms. The van der Waals surface area contributed by atoms with Crippen LogP contribution in [-0.4, -0.2) is 121 Å². The van der Waals surface area contributed by atoms with Crippen LogP contribution in [0.1, 0.15) is 134 Å². The molecule has 3 unspecified atom stereocenters. The summed E-state index contributed by atoms with van der Waals surface area (Å²) in [6, 6.07) is 8.63. The van der Waals surface area contributed by atoms with Crippen LogP contribution in [0.4, 0.5) is 55.9 Å². The number of nitrogens with zero attached hydrogens (tertiary/aromatic N) is 9. The summed E-state index contributed by atoms with van der Waals surface area (Å²) in [7, 11) is 0. The van der Waals surface area contributed by atoms with Gasteiger partial charge < -0.3 is 61.7 Å². The van der Waals surface area contributed by atoms with Gasteiger partial charge in [-0.1, -0.05) is 34.8 Å². The van der Waals surface area contributed by atoms with Crippen molar-refractivity contribution in [1.29, 1.82) is 0 Å². The van der Waals surface area contributed by atoms with Crippen LogP contribution in [0.25, 0.3) is 0 Å². The molecule has 6 aromatic heterocycles. The van der Waals surface area contributed by atoms with Gasteiger partial charge in [0.15, 0.2) is 17.0 Å². The van der Waals surface area contributed by atoms with Crippen molar-refractivity contribution in [3.8, 4) is 0 Å². The third kappa shape index (κ3) is 13.4. The Hall–Kier alpha value is -8.53. The third-order valence-corrected chi connectivity index (χ3v) is 17.2. The number of hydrogen-bond donors (Lipinski definition) is 9. The summed E-state index contributed by atoms with van der Waals surface area (Å²) < 4.78 is 32.1. The number of pyridine rings is 3. The number of hydrogen-bond acceptors (Lipinski definition) is 23. The normalized spacial score (nSPS) is 21.3. The highest BCUT2D eigenvalue weighted by molar-refractivity contribution is 9.10. The molecule has 0 aliphatic carbocycles. The molecule has 3 fully saturated rings. The van der Waals surface area contributed by atoms with Crippen LogP contribution in [0.15, 0.2) is 74.2 Å². The largest absolute Gasteiger partial charge is 0.444 e. The van der Waals surface area contributed by atoms with Crippen LogP contribution in [0.3, 0.4) is 0 Å². The van der Waals surface area contributed by atoms with E-state index in [1.807, 2.05) is 41.5 Å². The molecule has 3 atom stereocenters. The van der Waals surface area contributed by atoms with Gasteiger partial charge in [-0.3, -0.25) is 53.1 Å². The fourth-order valence-corrected chi connectivity index (χ4v) is 12.8. The maximum atomic E-state index is 13.5. The summed E-state index contributed by atoms with van der Waals surface area (Å²) in [5, 5.41) is 20.0. The van der Waals surface area contributed by atoms with Gasteiger partial charge in [0.2, 0.25) is 0 Å². The van der Waals surface area contributed by atoms with Crippen LogP contribution in [0.5, 0.6) is 0 Å². The van der Waals surface area contributed by atoms with Crippen molar-refractivity contribution < 1.29 is 47.7 Å². The molecule has 3 saturated heterocycles. The Labute approximate surface area is 554 Å². The Kier molecular flexibility index (Phi) is 18.6. The number of fused-ring (bicyclic) bond motifs is 6. The van der Waals surface area contributed by atoms with Crippen molar-refractivity contribution >= 4 is 127 Å². The monoisotopic (exact) mass is 1410 g/mol. The van der Waals surface area contributed by atoms with Gasteiger partial charge in [-0.2, -0.15) is 0 Å². The van der Waals surface area contributed by atoms with Gasteiger partial charge in [0.1, 0.15) is 110 Å². The SMILES string of the molecule is CC(C)(C)OC(=O)Nc1cc(N)ncn1.CC(C)(C)OC(=O)Nc1cc(Nc2cc(Cl)c3n(c2=O)C2(CCOC2(C)C)NC3=O)ncn1.CC1(C)OCCC12NC(=O)c1c(Cl)cc(Br)c(=O)n12.CC1(C)OCCC12NC(=O)c1c(Cl)cc(Nc3cc(N)ncn3)c(=O)n12. The zero-order chi connectivity index (χ0) is 68.3. The molecular weight excluding hydrogens is 1340 g/mol. The number of ether oxygens (including phenoxy) is 5. The first-order valence-electron chi connectivity index (χ1n) is 28.7. The lowest BCUT2D eigenvalue weighted by Gasteiger charge is -2.37. The van der Waals surface area contributed by atoms with Gasteiger partial charge in [0.25, 0.3) is 34.4 Å². The topological polar surface area (TPSA) is 411 Å². The molecule has 496 valence electrons. The van der Waals surface area contributed by atoms with E-state index in [0.29, 0.717) is 55.2 Å². The van der Waals surface area contributed by atoms with Crippen molar-refractivity contribution in [3.63, 3.8) is 0 Å². The summed E-state index contributed by atoms with van der Waals surface area (Å²) in [5.74, 6) is 0.441. The van der Waals surface area contributed by atoms with Crippen molar-refractivity contribution in [2.24, 2.45) is 0 Å². The van der Waals surface area contributed by atoms with E-state index < -0.39 is 80.1 Å². The van der Waals surface area contributed by atoms with Crippen LogP contribution in [-0.2, 0) is 40.7 Å². The van der Waals surface area contributed by atoms with E-state index in [2.05, 4.69) is 83.1 Å². The zero-order valence-corrected chi connectivity index (χ0v) is 56.3. The molecule has 35 heteroatoms. The van der Waals surface area contributed by atoms with E-state index in [9.17, 15) is 38.4 Å². The number of carbonyl (C=O) groups is 5. The van der Waals surface area contributed by atoms with E-state index in [1.165, 1.54) is 69.1 Å². The molecule has 12 rings (SSSR count). The van der Waals surface area contributed by atoms with Crippen LogP contribution >= 0.6 is 50.7 Å². The van der Waals surface area contributed by atoms with Gasteiger partial charge in [0.05, 0.1) is 39.4 Å². The first kappa shape index (κ1) is 68.8. The average molecular weight is 1410 g/mol. The smallest absolute Gasteiger partial charge is 0.413 e. The molecule has 31 nitrogen and oxygen atoms in total. The maximum Gasteiger partial charge on any atom is 0.413 e. The Morgan fingerprint density at radius 3 is 1.16 bits per heavy atom. The summed E-state index contributed by atoms with van der Waals surface area (Å²) in [6.07, 6.45) is 3.93. The van der Waals surface area contributed by atoms with E-state index in [4.69, 9.17) is 70.0 Å². The van der Waals surface area contributed by atoms with Crippen molar-refractivity contribution in [2.75, 3.05) is 52.6 Å². The Bertz CT molecular complexity index is 4230. The number of nitrogens with two attached hydrogens (primary N) is 2. The zero-order valence-electron chi connectivity index (χ0n) is 52.4. The second-order valence-corrected chi connectivity index (χ2v) is 27.4. The second kappa shape index (κ2) is 25.1. The predicted molar refractivity (Wildman–Crippen MR) is 346 cm³/mol. The lowest BCUT2D eigenvalue weighted by atomic mass is 9.91. The van der Waals surface area contributed by atoms with Crippen LogP contribution in [0.2, 0.25) is 15.1 Å². The highest BCUT2D eigenvalue weighted by Gasteiger charge is 2.61. The molecule has 93 heavy (non-hydrogen) atoms. The van der Waals surface area contributed by atoms with E-state index in [0.717, 1.165) is 0 Å². The summed E-state index contributed by atoms with van der Waals surface area (Å²) in [4.78, 5) is 123. The number of nitrogens with one attached hydrogen (secondary N) is 7. The van der Waals surface area contributed by atoms with Gasteiger partial charge in [-0.15, -0.1) is 0 Å². The molecule has 3 spiro atoms. The summed E-state index contributed by atoms with van der Waals surface area (Å²) in [6.45, 7) is 22.8. The molecule has 6 aliphatic rings. The number of aromatic nitrogens is 9. The highest BCUT2D eigenvalue weighted by atomic mass is 79.9. The number of halogens is 4. The molecule has 6 aliphatic heterocycles. The van der Waals surface area contributed by atoms with Crippen molar-refractivity contribution in [1.82, 2.24) is 59.6 Å². The lowest BCUT2D eigenvalue weighted by Crippen LogP contribution is -2.58. The molecule has 6 aromatic rings. The summed E-state index contributed by atoms with van der Waals surface area (Å²) in [5.41, 5.74) is 4.17.